The van der Waals surface area contributed by atoms with E-state index >= 15 is 0 Å². The van der Waals surface area contributed by atoms with Gasteiger partial charge < -0.3 is 0 Å². The lowest BCUT2D eigenvalue weighted by molar-refractivity contribution is 0.554. The first-order valence-electron chi connectivity index (χ1n) is 6.87. The molecule has 1 aromatic heterocycles. The van der Waals surface area contributed by atoms with Crippen molar-refractivity contribution in [3.05, 3.63) is 64.7 Å². The number of halogens is 1. The van der Waals surface area contributed by atoms with Crippen molar-refractivity contribution in [2.45, 2.75) is 17.7 Å². The number of aromatic nitrogens is 1. The van der Waals surface area contributed by atoms with E-state index in [-0.39, 0.29) is 0 Å². The molecule has 0 spiro atoms. The molecular weight excluding hydrogens is 330 g/mol. The first-order chi connectivity index (χ1) is 9.81. The molecule has 3 heteroatoms. The summed E-state index contributed by atoms with van der Waals surface area (Å²) in [6.07, 6.45) is 2.21. The van der Waals surface area contributed by atoms with Crippen LogP contribution in [0.15, 0.2) is 48.5 Å². The van der Waals surface area contributed by atoms with Crippen molar-refractivity contribution in [3.63, 3.8) is 0 Å². The van der Waals surface area contributed by atoms with E-state index in [0.717, 1.165) is 18.4 Å². The maximum absolute atomic E-state index is 4.77. The van der Waals surface area contributed by atoms with Crippen LogP contribution < -0.4 is 0 Å². The smallest absolute Gasteiger partial charge is 0.0942 e. The summed E-state index contributed by atoms with van der Waals surface area (Å²) >= 11 is 5.71. The lowest BCUT2D eigenvalue weighted by Gasteiger charge is -2.12. The summed E-state index contributed by atoms with van der Waals surface area (Å²) in [7, 11) is 0. The fourth-order valence-corrected chi connectivity index (χ4v) is 4.92. The highest BCUT2D eigenvalue weighted by Gasteiger charge is 2.30. The van der Waals surface area contributed by atoms with E-state index in [0.29, 0.717) is 10.7 Å². The third kappa shape index (κ3) is 2.09. The van der Waals surface area contributed by atoms with Gasteiger partial charge in [0.05, 0.1) is 15.2 Å². The van der Waals surface area contributed by atoms with Gasteiger partial charge >= 0.3 is 0 Å². The highest BCUT2D eigenvalue weighted by molar-refractivity contribution is 9.09. The average molecular weight is 344 g/mol. The van der Waals surface area contributed by atoms with Crippen molar-refractivity contribution >= 4 is 37.5 Å². The summed E-state index contributed by atoms with van der Waals surface area (Å²) < 4.78 is 1.30. The van der Waals surface area contributed by atoms with Gasteiger partial charge in [-0.25, -0.2) is 4.98 Å². The number of para-hydroxylation sites is 1. The molecule has 1 aliphatic rings. The molecule has 100 valence electrons. The molecule has 2 unspecified atom stereocenters. The number of hydrogen-bond acceptors (Lipinski definition) is 2. The Morgan fingerprint density at radius 1 is 1.10 bits per heavy atom. The fraction of sp³-hybridized carbons (Fsp3) is 0.235. The number of benzene rings is 2. The predicted molar refractivity (Wildman–Crippen MR) is 88.6 cm³/mol. The second kappa shape index (κ2) is 4.97. The average Bonchev–Trinajstić information content (AvgIpc) is 3.01. The molecule has 2 aromatic carbocycles. The summed E-state index contributed by atoms with van der Waals surface area (Å²) in [5.74, 6) is 0.618. The maximum Gasteiger partial charge on any atom is 0.0942 e. The second-order valence-electron chi connectivity index (χ2n) is 5.34. The topological polar surface area (TPSA) is 12.9 Å². The lowest BCUT2D eigenvalue weighted by atomic mass is 10.0. The first kappa shape index (κ1) is 12.5. The van der Waals surface area contributed by atoms with Gasteiger partial charge in [-0.05, 0) is 35.6 Å². The molecule has 1 heterocycles. The number of rotatable bonds is 2. The Hall–Kier alpha value is -1.19. The van der Waals surface area contributed by atoms with Crippen LogP contribution in [0.2, 0.25) is 0 Å². The van der Waals surface area contributed by atoms with E-state index in [1.807, 2.05) is 11.3 Å². The van der Waals surface area contributed by atoms with Crippen LogP contribution >= 0.6 is 27.3 Å². The minimum Gasteiger partial charge on any atom is -0.241 e. The SMILES string of the molecule is BrC1c2ccccc2CC1Cc1nc2ccccc2s1. The molecule has 20 heavy (non-hydrogen) atoms. The Labute approximate surface area is 130 Å². The minimum atomic E-state index is 0.464. The van der Waals surface area contributed by atoms with Crippen molar-refractivity contribution < 1.29 is 0 Å². The molecule has 0 saturated heterocycles. The Kier molecular flexibility index (Phi) is 3.12. The quantitative estimate of drug-likeness (QED) is 0.586. The van der Waals surface area contributed by atoms with Gasteiger partial charge in [-0.2, -0.15) is 0 Å². The van der Waals surface area contributed by atoms with E-state index in [1.54, 1.807) is 0 Å². The molecule has 0 amide bonds. The molecule has 0 bridgehead atoms. The lowest BCUT2D eigenvalue weighted by Crippen LogP contribution is -2.06. The van der Waals surface area contributed by atoms with Crippen molar-refractivity contribution in [1.29, 1.82) is 0 Å². The molecule has 0 saturated carbocycles. The summed E-state index contributed by atoms with van der Waals surface area (Å²) in [5.41, 5.74) is 4.08. The van der Waals surface area contributed by atoms with E-state index in [4.69, 9.17) is 4.98 Å². The molecule has 0 aliphatic heterocycles. The summed E-state index contributed by atoms with van der Waals surface area (Å²) in [5, 5.41) is 1.26. The molecule has 3 aromatic rings. The molecule has 1 nitrogen and oxygen atoms in total. The third-order valence-corrected chi connectivity index (χ3v) is 6.32. The highest BCUT2D eigenvalue weighted by Crippen LogP contribution is 2.44. The van der Waals surface area contributed by atoms with Gasteiger partial charge in [-0.15, -0.1) is 11.3 Å². The zero-order valence-electron chi connectivity index (χ0n) is 10.9. The Balaban J connectivity index is 1.61. The zero-order valence-corrected chi connectivity index (χ0v) is 13.3. The molecular formula is C17H14BrNS. The maximum atomic E-state index is 4.77. The van der Waals surface area contributed by atoms with Crippen LogP contribution in [0.1, 0.15) is 21.0 Å². The largest absolute Gasteiger partial charge is 0.241 e. The van der Waals surface area contributed by atoms with Gasteiger partial charge in [0.1, 0.15) is 0 Å². The van der Waals surface area contributed by atoms with E-state index < -0.39 is 0 Å². The van der Waals surface area contributed by atoms with Crippen LogP contribution in [0.3, 0.4) is 0 Å². The third-order valence-electron chi connectivity index (χ3n) is 4.02. The molecule has 4 rings (SSSR count). The standard InChI is InChI=1S/C17H14BrNS/c18-17-12(9-11-5-1-2-6-13(11)17)10-16-19-14-7-3-4-8-15(14)20-16/h1-8,12,17H,9-10H2. The van der Waals surface area contributed by atoms with Crippen LogP contribution in [-0.4, -0.2) is 4.98 Å². The fourth-order valence-electron chi connectivity index (χ4n) is 3.04. The van der Waals surface area contributed by atoms with Crippen LogP contribution in [0.25, 0.3) is 10.2 Å². The van der Waals surface area contributed by atoms with E-state index in [9.17, 15) is 0 Å². The minimum absolute atomic E-state index is 0.464. The van der Waals surface area contributed by atoms with Crippen LogP contribution in [0, 0.1) is 5.92 Å². The molecule has 0 radical (unpaired) electrons. The Bertz CT molecular complexity index is 731. The van der Waals surface area contributed by atoms with Crippen molar-refractivity contribution in [1.82, 2.24) is 4.98 Å². The zero-order chi connectivity index (χ0) is 13.5. The van der Waals surface area contributed by atoms with Gasteiger partial charge in [0.25, 0.3) is 0 Å². The number of fused-ring (bicyclic) bond motifs is 2. The molecule has 0 N–H and O–H groups in total. The van der Waals surface area contributed by atoms with Crippen LogP contribution in [0.5, 0.6) is 0 Å². The number of alkyl halides is 1. The summed E-state index contributed by atoms with van der Waals surface area (Å²) in [6.45, 7) is 0. The predicted octanol–water partition coefficient (Wildman–Crippen LogP) is 5.15. The van der Waals surface area contributed by atoms with E-state index in [1.165, 1.54) is 20.8 Å². The normalized spacial score (nSPS) is 21.2. The van der Waals surface area contributed by atoms with Crippen molar-refractivity contribution in [2.24, 2.45) is 5.92 Å². The first-order valence-corrected chi connectivity index (χ1v) is 8.61. The Morgan fingerprint density at radius 2 is 1.90 bits per heavy atom. The number of hydrogen-bond donors (Lipinski definition) is 0. The molecule has 0 fully saturated rings. The number of thiazole rings is 1. The monoisotopic (exact) mass is 343 g/mol. The molecule has 1 aliphatic carbocycles. The van der Waals surface area contributed by atoms with Gasteiger partial charge in [0.2, 0.25) is 0 Å². The van der Waals surface area contributed by atoms with Crippen LogP contribution in [-0.2, 0) is 12.8 Å². The van der Waals surface area contributed by atoms with E-state index in [2.05, 4.69) is 64.5 Å². The van der Waals surface area contributed by atoms with Crippen LogP contribution in [0.4, 0.5) is 0 Å². The van der Waals surface area contributed by atoms with Crippen molar-refractivity contribution in [2.75, 3.05) is 0 Å². The summed E-state index contributed by atoms with van der Waals surface area (Å²) in [6, 6.07) is 17.2. The Morgan fingerprint density at radius 3 is 2.75 bits per heavy atom. The number of nitrogens with zero attached hydrogens (tertiary/aromatic N) is 1. The summed E-state index contributed by atoms with van der Waals surface area (Å²) in [4.78, 5) is 5.23. The van der Waals surface area contributed by atoms with Gasteiger partial charge in [0, 0.05) is 11.2 Å². The highest BCUT2D eigenvalue weighted by atomic mass is 79.9. The van der Waals surface area contributed by atoms with Gasteiger partial charge in [-0.3, -0.25) is 0 Å². The molecule has 2 atom stereocenters. The van der Waals surface area contributed by atoms with Crippen molar-refractivity contribution in [3.8, 4) is 0 Å². The van der Waals surface area contributed by atoms with Gasteiger partial charge in [-0.1, -0.05) is 52.3 Å². The van der Waals surface area contributed by atoms with Gasteiger partial charge in [0.15, 0.2) is 0 Å². The second-order valence-corrected chi connectivity index (χ2v) is 7.45.